The molecule has 0 amide bonds. The summed E-state index contributed by atoms with van der Waals surface area (Å²) in [6.07, 6.45) is -1.69. The number of H-pyrrole nitrogens is 1. The highest BCUT2D eigenvalue weighted by molar-refractivity contribution is 6.20. The van der Waals surface area contributed by atoms with Gasteiger partial charge >= 0.3 is 6.18 Å². The van der Waals surface area contributed by atoms with Gasteiger partial charge in [0.25, 0.3) is 0 Å². The molecule has 0 aliphatic carbocycles. The normalized spacial score (nSPS) is 12.0. The molecule has 1 aromatic heterocycles. The van der Waals surface area contributed by atoms with Crippen molar-refractivity contribution in [1.82, 2.24) is 4.98 Å². The lowest BCUT2D eigenvalue weighted by molar-refractivity contribution is -0.137. The zero-order chi connectivity index (χ0) is 19.6. The number of carbonyl (C=O) groups excluding carboxylic acids is 1. The summed E-state index contributed by atoms with van der Waals surface area (Å²) < 4.78 is 43.1. The number of ketones is 1. The first-order chi connectivity index (χ1) is 12.8. The molecule has 1 N–H and O–H groups in total. The average molecular weight is 370 g/mol. The molecule has 3 aromatic rings. The second-order valence-corrected chi connectivity index (χ2v) is 5.73. The Morgan fingerprint density at radius 2 is 1.89 bits per heavy atom. The van der Waals surface area contributed by atoms with Gasteiger partial charge in [-0.2, -0.15) is 18.4 Å². The van der Waals surface area contributed by atoms with Crippen molar-refractivity contribution >= 4 is 22.8 Å². The minimum absolute atomic E-state index is 0.182. The number of aromatic nitrogens is 1. The van der Waals surface area contributed by atoms with Crippen molar-refractivity contribution in [1.29, 1.82) is 5.26 Å². The number of hydrogen-bond donors (Lipinski definition) is 1. The Balaban J connectivity index is 1.97. The zero-order valence-electron chi connectivity index (χ0n) is 14.1. The van der Waals surface area contributed by atoms with Crippen LogP contribution in [-0.2, 0) is 6.18 Å². The van der Waals surface area contributed by atoms with E-state index in [1.54, 1.807) is 18.2 Å². The van der Waals surface area contributed by atoms with E-state index in [0.717, 1.165) is 12.1 Å². The summed E-state index contributed by atoms with van der Waals surface area (Å²) in [7, 11) is 1.50. The molecule has 3 rings (SSSR count). The molecule has 4 nitrogen and oxygen atoms in total. The Bertz CT molecular complexity index is 1070. The molecule has 2 aromatic carbocycles. The lowest BCUT2D eigenvalue weighted by Crippen LogP contribution is -2.04. The first-order valence-corrected chi connectivity index (χ1v) is 7.82. The summed E-state index contributed by atoms with van der Waals surface area (Å²) in [6, 6.07) is 11.2. The lowest BCUT2D eigenvalue weighted by Gasteiger charge is -2.06. The Kier molecular flexibility index (Phi) is 4.74. The predicted molar refractivity (Wildman–Crippen MR) is 94.2 cm³/mol. The number of rotatable bonds is 4. The van der Waals surface area contributed by atoms with Crippen LogP contribution >= 0.6 is 0 Å². The van der Waals surface area contributed by atoms with Crippen LogP contribution in [-0.4, -0.2) is 17.9 Å². The smallest absolute Gasteiger partial charge is 0.416 e. The van der Waals surface area contributed by atoms with Gasteiger partial charge in [0.1, 0.15) is 17.4 Å². The number of nitrogens with one attached hydrogen (secondary N) is 1. The molecule has 27 heavy (non-hydrogen) atoms. The lowest BCUT2D eigenvalue weighted by atomic mass is 10.0. The van der Waals surface area contributed by atoms with Crippen LogP contribution in [0.15, 0.2) is 54.2 Å². The highest BCUT2D eigenvalue weighted by Gasteiger charge is 2.29. The number of nitriles is 1. The van der Waals surface area contributed by atoms with Crippen LogP contribution in [0.1, 0.15) is 21.5 Å². The van der Waals surface area contributed by atoms with E-state index in [2.05, 4.69) is 4.98 Å². The fourth-order valence-electron chi connectivity index (χ4n) is 2.64. The van der Waals surface area contributed by atoms with E-state index in [9.17, 15) is 23.2 Å². The number of benzene rings is 2. The molecule has 0 radical (unpaired) electrons. The Morgan fingerprint density at radius 3 is 2.48 bits per heavy atom. The van der Waals surface area contributed by atoms with Crippen molar-refractivity contribution in [2.45, 2.75) is 6.18 Å². The van der Waals surface area contributed by atoms with E-state index in [4.69, 9.17) is 4.74 Å². The standard InChI is InChI=1S/C20H13F3N2O2/c1-27-15-6-7-18-16(9-15)17(11-25-18)19(26)13(10-24)8-12-2-4-14(5-3-12)20(21,22)23/h2-9,11,25H,1H3/b13-8+. The number of alkyl halides is 3. The SMILES string of the molecule is COc1ccc2[nH]cc(C(=O)/C(C#N)=C/c3ccc(C(F)(F)F)cc3)c2c1. The maximum absolute atomic E-state index is 12.7. The van der Waals surface area contributed by atoms with E-state index < -0.39 is 17.5 Å². The number of hydrogen-bond acceptors (Lipinski definition) is 3. The molecule has 0 atom stereocenters. The van der Waals surface area contributed by atoms with E-state index in [1.807, 2.05) is 6.07 Å². The van der Waals surface area contributed by atoms with Gasteiger partial charge < -0.3 is 9.72 Å². The molecule has 0 unspecified atom stereocenters. The van der Waals surface area contributed by atoms with Gasteiger partial charge in [0, 0.05) is 22.7 Å². The molecule has 0 aliphatic rings. The van der Waals surface area contributed by atoms with Crippen LogP contribution in [0.25, 0.3) is 17.0 Å². The molecular formula is C20H13F3N2O2. The fourth-order valence-corrected chi connectivity index (χ4v) is 2.64. The molecular weight excluding hydrogens is 357 g/mol. The number of fused-ring (bicyclic) bond motifs is 1. The number of aromatic amines is 1. The molecule has 0 saturated heterocycles. The van der Waals surface area contributed by atoms with Crippen LogP contribution in [0.2, 0.25) is 0 Å². The maximum Gasteiger partial charge on any atom is 0.416 e. The predicted octanol–water partition coefficient (Wildman–Crippen LogP) is 4.99. The second-order valence-electron chi connectivity index (χ2n) is 5.73. The Hall–Kier alpha value is -3.53. The zero-order valence-corrected chi connectivity index (χ0v) is 14.1. The van der Waals surface area contributed by atoms with Crippen LogP contribution < -0.4 is 4.74 Å². The van der Waals surface area contributed by atoms with E-state index in [-0.39, 0.29) is 11.1 Å². The van der Waals surface area contributed by atoms with Crippen LogP contribution in [0.4, 0.5) is 13.2 Å². The van der Waals surface area contributed by atoms with Crippen LogP contribution in [0, 0.1) is 11.3 Å². The van der Waals surface area contributed by atoms with Crippen LogP contribution in [0.3, 0.4) is 0 Å². The minimum atomic E-state index is -4.45. The quantitative estimate of drug-likeness (QED) is 0.400. The summed E-state index contributed by atoms with van der Waals surface area (Å²) in [5.41, 5.74) is 0.326. The van der Waals surface area contributed by atoms with Gasteiger partial charge in [-0.05, 0) is 42.0 Å². The van der Waals surface area contributed by atoms with Crippen LogP contribution in [0.5, 0.6) is 5.75 Å². The molecule has 0 spiro atoms. The van der Waals surface area contributed by atoms with E-state index >= 15 is 0 Å². The van der Waals surface area contributed by atoms with Crippen molar-refractivity contribution in [2.75, 3.05) is 7.11 Å². The number of halogens is 3. The van der Waals surface area contributed by atoms with Crippen molar-refractivity contribution in [3.8, 4) is 11.8 Å². The van der Waals surface area contributed by atoms with Gasteiger partial charge in [-0.1, -0.05) is 12.1 Å². The van der Waals surface area contributed by atoms with Gasteiger partial charge in [-0.3, -0.25) is 4.79 Å². The first kappa shape index (κ1) is 18.3. The minimum Gasteiger partial charge on any atom is -0.497 e. The van der Waals surface area contributed by atoms with Gasteiger partial charge in [0.2, 0.25) is 5.78 Å². The number of allylic oxidation sites excluding steroid dienone is 1. The van der Waals surface area contributed by atoms with Crippen molar-refractivity contribution in [3.05, 3.63) is 70.9 Å². The molecule has 0 saturated carbocycles. The van der Waals surface area contributed by atoms with Gasteiger partial charge in [-0.25, -0.2) is 0 Å². The number of methoxy groups -OCH3 is 1. The first-order valence-electron chi connectivity index (χ1n) is 7.82. The highest BCUT2D eigenvalue weighted by atomic mass is 19.4. The molecule has 0 fully saturated rings. The van der Waals surface area contributed by atoms with E-state index in [1.165, 1.54) is 31.5 Å². The molecule has 0 aliphatic heterocycles. The van der Waals surface area contributed by atoms with Gasteiger partial charge in [0.15, 0.2) is 0 Å². The third-order valence-corrected chi connectivity index (χ3v) is 4.05. The van der Waals surface area contributed by atoms with Crippen molar-refractivity contribution < 1.29 is 22.7 Å². The summed E-state index contributed by atoms with van der Waals surface area (Å²) in [4.78, 5) is 15.7. The summed E-state index contributed by atoms with van der Waals surface area (Å²) in [6.45, 7) is 0. The average Bonchev–Trinajstić information content (AvgIpc) is 3.08. The topological polar surface area (TPSA) is 65.9 Å². The Labute approximate surface area is 152 Å². The van der Waals surface area contributed by atoms with Gasteiger partial charge in [0.05, 0.1) is 12.7 Å². The molecule has 7 heteroatoms. The monoisotopic (exact) mass is 370 g/mol. The Morgan fingerprint density at radius 1 is 1.19 bits per heavy atom. The molecule has 136 valence electrons. The maximum atomic E-state index is 12.7. The number of ether oxygens (including phenoxy) is 1. The second kappa shape index (κ2) is 7.00. The summed E-state index contributed by atoms with van der Waals surface area (Å²) >= 11 is 0. The summed E-state index contributed by atoms with van der Waals surface area (Å²) in [5, 5.41) is 9.95. The third-order valence-electron chi connectivity index (χ3n) is 4.05. The number of Topliss-reactive ketones (excluding diaryl/α,β-unsaturated/α-hetero) is 1. The molecule has 0 bridgehead atoms. The molecule has 1 heterocycles. The largest absolute Gasteiger partial charge is 0.497 e. The fraction of sp³-hybridized carbons (Fsp3) is 0.100. The van der Waals surface area contributed by atoms with Crippen molar-refractivity contribution in [3.63, 3.8) is 0 Å². The summed E-state index contributed by atoms with van der Waals surface area (Å²) in [5.74, 6) is 0.0262. The number of nitrogens with zero attached hydrogens (tertiary/aromatic N) is 1. The number of carbonyl (C=O) groups is 1. The van der Waals surface area contributed by atoms with Gasteiger partial charge in [-0.15, -0.1) is 0 Å². The highest BCUT2D eigenvalue weighted by Crippen LogP contribution is 2.30. The van der Waals surface area contributed by atoms with E-state index in [0.29, 0.717) is 22.2 Å². The van der Waals surface area contributed by atoms with Crippen molar-refractivity contribution in [2.24, 2.45) is 0 Å². The third kappa shape index (κ3) is 3.70.